The van der Waals surface area contributed by atoms with Gasteiger partial charge in [0.1, 0.15) is 5.69 Å². The Balaban J connectivity index is 1.62. The molecule has 1 N–H and O–H groups in total. The number of amides is 2. The van der Waals surface area contributed by atoms with Crippen LogP contribution < -0.4 is 0 Å². The summed E-state index contributed by atoms with van der Waals surface area (Å²) in [7, 11) is -3.21. The number of carbonyl (C=O) groups excluding carboxylic acids is 2. The fraction of sp³-hybridized carbons (Fsp3) is 0.625. The van der Waals surface area contributed by atoms with Crippen LogP contribution in [0.4, 0.5) is 0 Å². The molecule has 0 spiro atoms. The summed E-state index contributed by atoms with van der Waals surface area (Å²) in [6, 6.07) is 1.60. The second-order valence-electron chi connectivity index (χ2n) is 6.39. The Hall–Kier alpha value is -1.87. The van der Waals surface area contributed by atoms with Crippen molar-refractivity contribution in [2.45, 2.75) is 19.8 Å². The molecule has 1 aromatic heterocycles. The van der Waals surface area contributed by atoms with E-state index in [1.54, 1.807) is 29.0 Å². The predicted molar refractivity (Wildman–Crippen MR) is 92.9 cm³/mol. The van der Waals surface area contributed by atoms with Gasteiger partial charge in [0.25, 0.3) is 11.8 Å². The Labute approximate surface area is 147 Å². The molecule has 0 atom stereocenters. The molecule has 0 saturated carbocycles. The van der Waals surface area contributed by atoms with Crippen LogP contribution in [-0.4, -0.2) is 84.3 Å². The zero-order chi connectivity index (χ0) is 18.0. The number of hydrogen-bond donors (Lipinski definition) is 1. The molecule has 2 fully saturated rings. The lowest BCUT2D eigenvalue weighted by Crippen LogP contribution is -2.50. The summed E-state index contributed by atoms with van der Waals surface area (Å²) in [5.74, 6) is -0.179. The Morgan fingerprint density at radius 1 is 1.00 bits per heavy atom. The molecule has 2 aliphatic heterocycles. The standard InChI is InChI=1S/C16H24N4O4S/c1-2-25(23,24)20-9-7-19(8-10-20)15(21)13-11-14(17-12-13)16(22)18-5-3-4-6-18/h11-12,17H,2-10H2,1H3. The summed E-state index contributed by atoms with van der Waals surface area (Å²) >= 11 is 0. The minimum absolute atomic E-state index is 0.0702. The van der Waals surface area contributed by atoms with Crippen LogP contribution in [0.1, 0.15) is 40.6 Å². The van der Waals surface area contributed by atoms with Gasteiger partial charge in [0.05, 0.1) is 11.3 Å². The first-order chi connectivity index (χ1) is 11.9. The number of rotatable bonds is 4. The van der Waals surface area contributed by atoms with Gasteiger partial charge in [0.15, 0.2) is 0 Å². The normalized spacial score (nSPS) is 19.4. The molecule has 3 rings (SSSR count). The molecular formula is C16H24N4O4S. The maximum absolute atomic E-state index is 12.6. The molecule has 8 nitrogen and oxygen atoms in total. The van der Waals surface area contributed by atoms with E-state index in [1.807, 2.05) is 0 Å². The summed E-state index contributed by atoms with van der Waals surface area (Å²) in [5, 5.41) is 0. The minimum atomic E-state index is -3.21. The summed E-state index contributed by atoms with van der Waals surface area (Å²) in [5.41, 5.74) is 0.867. The van der Waals surface area contributed by atoms with Crippen LogP contribution in [0.5, 0.6) is 0 Å². The van der Waals surface area contributed by atoms with Crippen LogP contribution in [0.3, 0.4) is 0 Å². The van der Waals surface area contributed by atoms with Gasteiger partial charge < -0.3 is 14.8 Å². The first-order valence-corrected chi connectivity index (χ1v) is 10.3. The minimum Gasteiger partial charge on any atom is -0.356 e. The quantitative estimate of drug-likeness (QED) is 0.830. The van der Waals surface area contributed by atoms with Crippen molar-refractivity contribution in [3.05, 3.63) is 23.5 Å². The lowest BCUT2D eigenvalue weighted by atomic mass is 10.2. The van der Waals surface area contributed by atoms with Gasteiger partial charge in [-0.05, 0) is 25.8 Å². The Morgan fingerprint density at radius 2 is 1.60 bits per heavy atom. The zero-order valence-corrected chi connectivity index (χ0v) is 15.2. The van der Waals surface area contributed by atoms with Gasteiger partial charge in [-0.15, -0.1) is 0 Å². The number of carbonyl (C=O) groups is 2. The molecule has 3 heterocycles. The van der Waals surface area contributed by atoms with Crippen molar-refractivity contribution in [2.75, 3.05) is 45.0 Å². The SMILES string of the molecule is CCS(=O)(=O)N1CCN(C(=O)c2c[nH]c(C(=O)N3CCCC3)c2)CC1. The van der Waals surface area contributed by atoms with Crippen molar-refractivity contribution in [3.63, 3.8) is 0 Å². The van der Waals surface area contributed by atoms with Crippen LogP contribution in [0.2, 0.25) is 0 Å². The van der Waals surface area contributed by atoms with Crippen molar-refractivity contribution in [3.8, 4) is 0 Å². The van der Waals surface area contributed by atoms with Gasteiger partial charge in [-0.2, -0.15) is 4.31 Å². The molecule has 0 unspecified atom stereocenters. The third-order valence-corrected chi connectivity index (χ3v) is 6.72. The Morgan fingerprint density at radius 3 is 2.20 bits per heavy atom. The fourth-order valence-corrected chi connectivity index (χ4v) is 4.35. The average molecular weight is 368 g/mol. The third-order valence-electron chi connectivity index (χ3n) is 4.84. The van der Waals surface area contributed by atoms with E-state index in [0.717, 1.165) is 25.9 Å². The highest BCUT2D eigenvalue weighted by molar-refractivity contribution is 7.89. The first-order valence-electron chi connectivity index (χ1n) is 8.67. The number of hydrogen-bond acceptors (Lipinski definition) is 4. The highest BCUT2D eigenvalue weighted by atomic mass is 32.2. The number of aromatic amines is 1. The van der Waals surface area contributed by atoms with Crippen molar-refractivity contribution in [1.82, 2.24) is 19.1 Å². The molecule has 138 valence electrons. The number of aromatic nitrogens is 1. The smallest absolute Gasteiger partial charge is 0.270 e. The maximum Gasteiger partial charge on any atom is 0.270 e. The number of sulfonamides is 1. The molecule has 2 amide bonds. The van der Waals surface area contributed by atoms with E-state index in [9.17, 15) is 18.0 Å². The van der Waals surface area contributed by atoms with Crippen molar-refractivity contribution >= 4 is 21.8 Å². The number of likely N-dealkylation sites (tertiary alicyclic amines) is 1. The van der Waals surface area contributed by atoms with E-state index in [4.69, 9.17) is 0 Å². The lowest BCUT2D eigenvalue weighted by Gasteiger charge is -2.33. The van der Waals surface area contributed by atoms with Crippen LogP contribution in [-0.2, 0) is 10.0 Å². The number of nitrogens with zero attached hydrogens (tertiary/aromatic N) is 3. The van der Waals surface area contributed by atoms with Crippen LogP contribution in [0, 0.1) is 0 Å². The molecule has 25 heavy (non-hydrogen) atoms. The van der Waals surface area contributed by atoms with Crippen LogP contribution >= 0.6 is 0 Å². The van der Waals surface area contributed by atoms with E-state index >= 15 is 0 Å². The summed E-state index contributed by atoms with van der Waals surface area (Å²) in [4.78, 5) is 31.3. The highest BCUT2D eigenvalue weighted by Crippen LogP contribution is 2.16. The van der Waals surface area contributed by atoms with Gasteiger partial charge in [-0.1, -0.05) is 0 Å². The molecule has 2 aliphatic rings. The van der Waals surface area contributed by atoms with E-state index in [0.29, 0.717) is 37.4 Å². The molecule has 0 aliphatic carbocycles. The first kappa shape index (κ1) is 17.9. The fourth-order valence-electron chi connectivity index (χ4n) is 3.27. The van der Waals surface area contributed by atoms with E-state index in [1.165, 1.54) is 4.31 Å². The van der Waals surface area contributed by atoms with Crippen LogP contribution in [0.25, 0.3) is 0 Å². The van der Waals surface area contributed by atoms with Gasteiger partial charge in [-0.3, -0.25) is 9.59 Å². The van der Waals surface area contributed by atoms with Gasteiger partial charge in [0.2, 0.25) is 10.0 Å². The van der Waals surface area contributed by atoms with Crippen LogP contribution in [0.15, 0.2) is 12.3 Å². The monoisotopic (exact) mass is 368 g/mol. The molecule has 2 saturated heterocycles. The van der Waals surface area contributed by atoms with Gasteiger partial charge in [0, 0.05) is 45.5 Å². The Kier molecular flexibility index (Phi) is 5.14. The number of nitrogens with one attached hydrogen (secondary N) is 1. The molecule has 0 bridgehead atoms. The second-order valence-corrected chi connectivity index (χ2v) is 8.65. The second kappa shape index (κ2) is 7.17. The summed E-state index contributed by atoms with van der Waals surface area (Å²) in [6.07, 6.45) is 3.59. The number of piperazine rings is 1. The molecular weight excluding hydrogens is 344 g/mol. The average Bonchev–Trinajstić information content (AvgIpc) is 3.32. The van der Waals surface area contributed by atoms with E-state index < -0.39 is 10.0 Å². The molecule has 1 aromatic rings. The molecule has 9 heteroatoms. The summed E-state index contributed by atoms with van der Waals surface area (Å²) < 4.78 is 25.2. The van der Waals surface area contributed by atoms with Crippen molar-refractivity contribution in [2.24, 2.45) is 0 Å². The van der Waals surface area contributed by atoms with E-state index in [-0.39, 0.29) is 17.6 Å². The lowest BCUT2D eigenvalue weighted by molar-refractivity contribution is 0.0698. The summed E-state index contributed by atoms with van der Waals surface area (Å²) in [6.45, 7) is 4.48. The highest BCUT2D eigenvalue weighted by Gasteiger charge is 2.29. The predicted octanol–water partition coefficient (Wildman–Crippen LogP) is 0.358. The molecule has 0 aromatic carbocycles. The topological polar surface area (TPSA) is 93.8 Å². The van der Waals surface area contributed by atoms with Crippen molar-refractivity contribution < 1.29 is 18.0 Å². The van der Waals surface area contributed by atoms with Gasteiger partial charge >= 0.3 is 0 Å². The molecule has 0 radical (unpaired) electrons. The zero-order valence-electron chi connectivity index (χ0n) is 14.4. The van der Waals surface area contributed by atoms with Gasteiger partial charge in [-0.25, -0.2) is 8.42 Å². The third kappa shape index (κ3) is 3.72. The maximum atomic E-state index is 12.6. The Bertz CT molecular complexity index is 744. The number of H-pyrrole nitrogens is 1. The van der Waals surface area contributed by atoms with E-state index in [2.05, 4.69) is 4.98 Å². The van der Waals surface area contributed by atoms with Crippen molar-refractivity contribution in [1.29, 1.82) is 0 Å². The largest absolute Gasteiger partial charge is 0.356 e.